The van der Waals surface area contributed by atoms with Gasteiger partial charge in [0, 0.05) is 11.6 Å². The van der Waals surface area contributed by atoms with Crippen LogP contribution in [0.25, 0.3) is 0 Å². The summed E-state index contributed by atoms with van der Waals surface area (Å²) >= 11 is 5.73. The molecule has 2 amide bonds. The Morgan fingerprint density at radius 2 is 2.05 bits per heavy atom. The standard InChI is InChI=1S/C13H13ClN2O5/c14-8-1-3-9(4-2-8)21-7-12(18)16-6-11(17)15-5-10(16)13(19)20/h1-4,10H,5-7H2,(H,15,17)(H,19,20). The summed E-state index contributed by atoms with van der Waals surface area (Å²) in [6.07, 6.45) is 0. The maximum absolute atomic E-state index is 12.0. The maximum atomic E-state index is 12.0. The lowest BCUT2D eigenvalue weighted by atomic mass is 10.2. The number of nitrogens with one attached hydrogen (secondary N) is 1. The Balaban J connectivity index is 1.98. The number of hydrogen-bond acceptors (Lipinski definition) is 4. The number of aliphatic carboxylic acids is 1. The second-order valence-corrected chi connectivity index (χ2v) is 4.86. The van der Waals surface area contributed by atoms with Crippen molar-refractivity contribution in [3.05, 3.63) is 29.3 Å². The van der Waals surface area contributed by atoms with Gasteiger partial charge in [-0.25, -0.2) is 4.79 Å². The largest absolute Gasteiger partial charge is 0.484 e. The second kappa shape index (κ2) is 6.45. The predicted octanol–water partition coefficient (Wildman–Crippen LogP) is 0.130. The molecule has 1 unspecified atom stereocenters. The summed E-state index contributed by atoms with van der Waals surface area (Å²) in [5.74, 6) is -1.70. The molecule has 1 aromatic carbocycles. The van der Waals surface area contributed by atoms with Crippen LogP contribution in [-0.4, -0.2) is 53.5 Å². The van der Waals surface area contributed by atoms with Crippen molar-refractivity contribution in [2.45, 2.75) is 6.04 Å². The van der Waals surface area contributed by atoms with Crippen LogP contribution in [0.3, 0.4) is 0 Å². The molecule has 2 N–H and O–H groups in total. The van der Waals surface area contributed by atoms with Crippen LogP contribution in [0, 0.1) is 0 Å². The molecule has 1 saturated heterocycles. The normalized spacial score (nSPS) is 18.0. The summed E-state index contributed by atoms with van der Waals surface area (Å²) < 4.78 is 5.26. The van der Waals surface area contributed by atoms with Crippen molar-refractivity contribution in [3.8, 4) is 5.75 Å². The first-order valence-corrected chi connectivity index (χ1v) is 6.52. The number of hydrogen-bond donors (Lipinski definition) is 2. The van der Waals surface area contributed by atoms with Gasteiger partial charge in [-0.2, -0.15) is 0 Å². The van der Waals surface area contributed by atoms with E-state index in [0.717, 1.165) is 4.90 Å². The smallest absolute Gasteiger partial charge is 0.328 e. The van der Waals surface area contributed by atoms with Crippen molar-refractivity contribution in [1.29, 1.82) is 0 Å². The van der Waals surface area contributed by atoms with Gasteiger partial charge in [0.25, 0.3) is 5.91 Å². The van der Waals surface area contributed by atoms with Gasteiger partial charge in [-0.15, -0.1) is 0 Å². The molecule has 1 aliphatic heterocycles. The highest BCUT2D eigenvalue weighted by molar-refractivity contribution is 6.30. The Labute approximate surface area is 125 Å². The summed E-state index contributed by atoms with van der Waals surface area (Å²) in [5.41, 5.74) is 0. The average Bonchev–Trinajstić information content (AvgIpc) is 2.46. The molecule has 0 bridgehead atoms. The fraction of sp³-hybridized carbons (Fsp3) is 0.308. The number of piperazine rings is 1. The summed E-state index contributed by atoms with van der Waals surface area (Å²) in [7, 11) is 0. The SMILES string of the molecule is O=C1CN(C(=O)COc2ccc(Cl)cc2)C(C(=O)O)CN1. The number of ether oxygens (including phenoxy) is 1. The molecule has 1 heterocycles. The second-order valence-electron chi connectivity index (χ2n) is 4.42. The minimum Gasteiger partial charge on any atom is -0.484 e. The number of carboxylic acid groups (broad SMARTS) is 1. The molecular weight excluding hydrogens is 300 g/mol. The molecule has 112 valence electrons. The van der Waals surface area contributed by atoms with Gasteiger partial charge < -0.3 is 20.1 Å². The van der Waals surface area contributed by atoms with E-state index in [9.17, 15) is 14.4 Å². The summed E-state index contributed by atoms with van der Waals surface area (Å²) in [5, 5.41) is 12.0. The van der Waals surface area contributed by atoms with Gasteiger partial charge in [-0.3, -0.25) is 9.59 Å². The summed E-state index contributed by atoms with van der Waals surface area (Å²) in [4.78, 5) is 35.4. The number of carbonyl (C=O) groups is 3. The molecule has 0 radical (unpaired) electrons. The van der Waals surface area contributed by atoms with Gasteiger partial charge in [-0.05, 0) is 24.3 Å². The van der Waals surface area contributed by atoms with Crippen molar-refractivity contribution in [1.82, 2.24) is 10.2 Å². The minimum absolute atomic E-state index is 0.110. The van der Waals surface area contributed by atoms with Crippen molar-refractivity contribution < 1.29 is 24.2 Å². The molecular formula is C13H13ClN2O5. The van der Waals surface area contributed by atoms with Crippen LogP contribution in [0.1, 0.15) is 0 Å². The molecule has 1 fully saturated rings. The van der Waals surface area contributed by atoms with Gasteiger partial charge in [0.15, 0.2) is 6.61 Å². The Morgan fingerprint density at radius 3 is 2.67 bits per heavy atom. The first-order valence-electron chi connectivity index (χ1n) is 6.14. The number of carboxylic acids is 1. The number of benzene rings is 1. The number of rotatable bonds is 4. The first-order chi connectivity index (χ1) is 9.97. The van der Waals surface area contributed by atoms with E-state index in [1.54, 1.807) is 24.3 Å². The highest BCUT2D eigenvalue weighted by Gasteiger charge is 2.35. The zero-order valence-corrected chi connectivity index (χ0v) is 11.7. The van der Waals surface area contributed by atoms with Crippen molar-refractivity contribution in [3.63, 3.8) is 0 Å². The molecule has 0 aliphatic carbocycles. The molecule has 1 aromatic rings. The Kier molecular flexibility index (Phi) is 4.64. The Morgan fingerprint density at radius 1 is 1.38 bits per heavy atom. The van der Waals surface area contributed by atoms with E-state index < -0.39 is 23.8 Å². The highest BCUT2D eigenvalue weighted by atomic mass is 35.5. The van der Waals surface area contributed by atoms with Crippen molar-refractivity contribution in [2.75, 3.05) is 19.7 Å². The van der Waals surface area contributed by atoms with Crippen LogP contribution in [0.5, 0.6) is 5.75 Å². The van der Waals surface area contributed by atoms with E-state index in [0.29, 0.717) is 10.8 Å². The molecule has 2 rings (SSSR count). The molecule has 0 aromatic heterocycles. The lowest BCUT2D eigenvalue weighted by molar-refractivity contribution is -0.154. The topological polar surface area (TPSA) is 95.9 Å². The van der Waals surface area contributed by atoms with Gasteiger partial charge in [0.2, 0.25) is 5.91 Å². The average molecular weight is 313 g/mol. The van der Waals surface area contributed by atoms with E-state index in [-0.39, 0.29) is 19.7 Å². The van der Waals surface area contributed by atoms with Crippen LogP contribution >= 0.6 is 11.6 Å². The van der Waals surface area contributed by atoms with Crippen LogP contribution < -0.4 is 10.1 Å². The molecule has 8 heteroatoms. The zero-order valence-electron chi connectivity index (χ0n) is 10.9. The third kappa shape index (κ3) is 3.85. The third-order valence-electron chi connectivity index (χ3n) is 2.96. The van der Waals surface area contributed by atoms with Gasteiger partial charge in [-0.1, -0.05) is 11.6 Å². The van der Waals surface area contributed by atoms with Crippen molar-refractivity contribution >= 4 is 29.4 Å². The lowest BCUT2D eigenvalue weighted by Gasteiger charge is -2.32. The van der Waals surface area contributed by atoms with Gasteiger partial charge in [0.05, 0.1) is 0 Å². The van der Waals surface area contributed by atoms with Crippen LogP contribution in [-0.2, 0) is 14.4 Å². The molecule has 1 aliphatic rings. The summed E-state index contributed by atoms with van der Waals surface area (Å²) in [6, 6.07) is 5.32. The first kappa shape index (κ1) is 15.1. The van der Waals surface area contributed by atoms with Crippen LogP contribution in [0.4, 0.5) is 0 Å². The monoisotopic (exact) mass is 312 g/mol. The van der Waals surface area contributed by atoms with Crippen LogP contribution in [0.15, 0.2) is 24.3 Å². The van der Waals surface area contributed by atoms with E-state index in [1.807, 2.05) is 0 Å². The van der Waals surface area contributed by atoms with Gasteiger partial charge >= 0.3 is 5.97 Å². The molecule has 0 spiro atoms. The molecule has 1 atom stereocenters. The predicted molar refractivity (Wildman–Crippen MR) is 73.1 cm³/mol. The Bertz CT molecular complexity index is 560. The maximum Gasteiger partial charge on any atom is 0.328 e. The third-order valence-corrected chi connectivity index (χ3v) is 3.22. The highest BCUT2D eigenvalue weighted by Crippen LogP contribution is 2.16. The molecule has 0 saturated carbocycles. The quantitative estimate of drug-likeness (QED) is 0.824. The minimum atomic E-state index is -1.17. The fourth-order valence-corrected chi connectivity index (χ4v) is 2.01. The molecule has 7 nitrogen and oxygen atoms in total. The van der Waals surface area contributed by atoms with Gasteiger partial charge in [0.1, 0.15) is 18.3 Å². The number of nitrogens with zero attached hydrogens (tertiary/aromatic N) is 1. The van der Waals surface area contributed by atoms with E-state index >= 15 is 0 Å². The van der Waals surface area contributed by atoms with Crippen molar-refractivity contribution in [2.24, 2.45) is 0 Å². The number of carbonyl (C=O) groups excluding carboxylic acids is 2. The fourth-order valence-electron chi connectivity index (χ4n) is 1.88. The lowest BCUT2D eigenvalue weighted by Crippen LogP contribution is -2.60. The van der Waals surface area contributed by atoms with Crippen LogP contribution in [0.2, 0.25) is 5.02 Å². The molecule has 21 heavy (non-hydrogen) atoms. The van der Waals surface area contributed by atoms with E-state index in [1.165, 1.54) is 0 Å². The number of amides is 2. The van der Waals surface area contributed by atoms with E-state index in [4.69, 9.17) is 21.4 Å². The zero-order chi connectivity index (χ0) is 15.4. The number of halogens is 1. The van der Waals surface area contributed by atoms with E-state index in [2.05, 4.69) is 5.32 Å². The summed E-state index contributed by atoms with van der Waals surface area (Å²) in [6.45, 7) is -0.751. The Hall–Kier alpha value is -2.28.